The van der Waals surface area contributed by atoms with Crippen LogP contribution in [0.4, 0.5) is 0 Å². The summed E-state index contributed by atoms with van der Waals surface area (Å²) in [5.41, 5.74) is 0.906. The summed E-state index contributed by atoms with van der Waals surface area (Å²) in [5, 5.41) is 12.2. The fourth-order valence-corrected chi connectivity index (χ4v) is 2.34. The van der Waals surface area contributed by atoms with Gasteiger partial charge in [-0.1, -0.05) is 0 Å². The SMILES string of the molecule is Cc1oc(C(=O)O)cc1CNCCN(C(C)C)C(C)C. The lowest BCUT2D eigenvalue weighted by Crippen LogP contribution is -2.41. The second-order valence-corrected chi connectivity index (χ2v) is 5.60. The van der Waals surface area contributed by atoms with Gasteiger partial charge in [0.25, 0.3) is 0 Å². The van der Waals surface area contributed by atoms with E-state index in [9.17, 15) is 4.79 Å². The number of aromatic carboxylic acids is 1. The molecule has 5 nitrogen and oxygen atoms in total. The minimum Gasteiger partial charge on any atom is -0.475 e. The van der Waals surface area contributed by atoms with Gasteiger partial charge in [-0.2, -0.15) is 0 Å². The molecule has 0 aromatic carbocycles. The van der Waals surface area contributed by atoms with Gasteiger partial charge in [0, 0.05) is 37.3 Å². The Bertz CT molecular complexity index is 430. The van der Waals surface area contributed by atoms with Crippen LogP contribution in [0, 0.1) is 6.92 Å². The molecule has 1 rings (SSSR count). The number of carboxylic acids is 1. The second kappa shape index (κ2) is 7.45. The highest BCUT2D eigenvalue weighted by molar-refractivity contribution is 5.84. The number of nitrogens with one attached hydrogen (secondary N) is 1. The number of rotatable bonds is 8. The van der Waals surface area contributed by atoms with Gasteiger partial charge in [0.1, 0.15) is 5.76 Å². The van der Waals surface area contributed by atoms with Gasteiger partial charge in [0.15, 0.2) is 0 Å². The maximum Gasteiger partial charge on any atom is 0.371 e. The van der Waals surface area contributed by atoms with Crippen molar-refractivity contribution in [2.75, 3.05) is 13.1 Å². The molecule has 20 heavy (non-hydrogen) atoms. The maximum atomic E-state index is 10.8. The molecule has 0 atom stereocenters. The fourth-order valence-electron chi connectivity index (χ4n) is 2.34. The molecule has 0 unspecified atom stereocenters. The van der Waals surface area contributed by atoms with E-state index in [-0.39, 0.29) is 5.76 Å². The van der Waals surface area contributed by atoms with E-state index in [1.54, 1.807) is 13.0 Å². The Hall–Kier alpha value is -1.33. The van der Waals surface area contributed by atoms with Crippen LogP contribution in [0.5, 0.6) is 0 Å². The Morgan fingerprint density at radius 3 is 2.40 bits per heavy atom. The van der Waals surface area contributed by atoms with Crippen LogP contribution in [0.1, 0.15) is 49.6 Å². The molecule has 0 aliphatic rings. The highest BCUT2D eigenvalue weighted by Crippen LogP contribution is 2.14. The Morgan fingerprint density at radius 2 is 1.95 bits per heavy atom. The first-order valence-electron chi connectivity index (χ1n) is 7.12. The Balaban J connectivity index is 2.43. The number of carbonyl (C=O) groups is 1. The van der Waals surface area contributed by atoms with Gasteiger partial charge in [0.05, 0.1) is 0 Å². The van der Waals surface area contributed by atoms with Crippen molar-refractivity contribution in [1.29, 1.82) is 0 Å². The molecular weight excluding hydrogens is 256 g/mol. The highest BCUT2D eigenvalue weighted by atomic mass is 16.4. The number of nitrogens with zero attached hydrogens (tertiary/aromatic N) is 1. The summed E-state index contributed by atoms with van der Waals surface area (Å²) in [6.07, 6.45) is 0. The van der Waals surface area contributed by atoms with Crippen LogP contribution in [-0.4, -0.2) is 41.1 Å². The predicted molar refractivity (Wildman–Crippen MR) is 79.1 cm³/mol. The van der Waals surface area contributed by atoms with Crippen LogP contribution in [0.2, 0.25) is 0 Å². The van der Waals surface area contributed by atoms with Crippen LogP contribution < -0.4 is 5.32 Å². The fraction of sp³-hybridized carbons (Fsp3) is 0.667. The van der Waals surface area contributed by atoms with Crippen molar-refractivity contribution in [3.05, 3.63) is 23.2 Å². The standard InChI is InChI=1S/C15H26N2O3/c1-10(2)17(11(3)4)7-6-16-9-13-8-14(15(18)19)20-12(13)5/h8,10-11,16H,6-7,9H2,1-5H3,(H,18,19). The number of carboxylic acid groups (broad SMARTS) is 1. The quantitative estimate of drug-likeness (QED) is 0.717. The van der Waals surface area contributed by atoms with Crippen molar-refractivity contribution in [2.24, 2.45) is 0 Å². The molecule has 0 aliphatic heterocycles. The largest absolute Gasteiger partial charge is 0.475 e. The molecule has 114 valence electrons. The molecule has 0 spiro atoms. The van der Waals surface area contributed by atoms with Crippen molar-refractivity contribution >= 4 is 5.97 Å². The minimum atomic E-state index is -1.02. The molecule has 0 saturated carbocycles. The lowest BCUT2D eigenvalue weighted by molar-refractivity contribution is 0.0661. The van der Waals surface area contributed by atoms with Gasteiger partial charge < -0.3 is 14.8 Å². The van der Waals surface area contributed by atoms with E-state index >= 15 is 0 Å². The number of hydrogen-bond donors (Lipinski definition) is 2. The van der Waals surface area contributed by atoms with Crippen LogP contribution in [0.15, 0.2) is 10.5 Å². The summed E-state index contributed by atoms with van der Waals surface area (Å²) in [6.45, 7) is 13.0. The molecule has 0 saturated heterocycles. The van der Waals surface area contributed by atoms with E-state index in [2.05, 4.69) is 37.9 Å². The van der Waals surface area contributed by atoms with E-state index in [4.69, 9.17) is 9.52 Å². The van der Waals surface area contributed by atoms with Gasteiger partial charge in [-0.3, -0.25) is 4.90 Å². The molecule has 0 aliphatic carbocycles. The van der Waals surface area contributed by atoms with E-state index in [0.29, 0.717) is 24.4 Å². The van der Waals surface area contributed by atoms with Crippen molar-refractivity contribution in [3.8, 4) is 0 Å². The Labute approximate surface area is 121 Å². The normalized spacial score (nSPS) is 11.8. The van der Waals surface area contributed by atoms with Crippen molar-refractivity contribution in [3.63, 3.8) is 0 Å². The topological polar surface area (TPSA) is 65.7 Å². The first kappa shape index (κ1) is 16.7. The Morgan fingerprint density at radius 1 is 1.35 bits per heavy atom. The van der Waals surface area contributed by atoms with Crippen LogP contribution in [0.25, 0.3) is 0 Å². The maximum absolute atomic E-state index is 10.8. The average Bonchev–Trinajstić information content (AvgIpc) is 2.70. The molecule has 0 amide bonds. The van der Waals surface area contributed by atoms with Crippen molar-refractivity contribution in [2.45, 2.75) is 53.2 Å². The summed E-state index contributed by atoms with van der Waals surface area (Å²) >= 11 is 0. The summed E-state index contributed by atoms with van der Waals surface area (Å²) in [4.78, 5) is 13.2. The van der Waals surface area contributed by atoms with Crippen molar-refractivity contribution in [1.82, 2.24) is 10.2 Å². The van der Waals surface area contributed by atoms with E-state index < -0.39 is 5.97 Å². The zero-order valence-corrected chi connectivity index (χ0v) is 13.1. The third-order valence-electron chi connectivity index (χ3n) is 3.42. The molecule has 1 aromatic rings. The zero-order chi connectivity index (χ0) is 15.3. The van der Waals surface area contributed by atoms with Gasteiger partial charge in [-0.25, -0.2) is 4.79 Å². The van der Waals surface area contributed by atoms with Gasteiger partial charge in [-0.15, -0.1) is 0 Å². The lowest BCUT2D eigenvalue weighted by Gasteiger charge is -2.30. The predicted octanol–water partition coefficient (Wildman–Crippen LogP) is 2.49. The molecule has 5 heteroatoms. The minimum absolute atomic E-state index is 0.00490. The third kappa shape index (κ3) is 4.65. The zero-order valence-electron chi connectivity index (χ0n) is 13.1. The first-order chi connectivity index (χ1) is 9.32. The van der Waals surface area contributed by atoms with E-state index in [0.717, 1.165) is 18.7 Å². The van der Waals surface area contributed by atoms with E-state index in [1.165, 1.54) is 0 Å². The monoisotopic (exact) mass is 282 g/mol. The van der Waals surface area contributed by atoms with Crippen LogP contribution in [0.3, 0.4) is 0 Å². The summed E-state index contributed by atoms with van der Waals surface area (Å²) in [7, 11) is 0. The van der Waals surface area contributed by atoms with Crippen molar-refractivity contribution < 1.29 is 14.3 Å². The molecule has 0 fully saturated rings. The number of furan rings is 1. The molecule has 1 heterocycles. The number of aryl methyl sites for hydroxylation is 1. The second-order valence-electron chi connectivity index (χ2n) is 5.60. The van der Waals surface area contributed by atoms with Gasteiger partial charge in [-0.05, 0) is 40.7 Å². The van der Waals surface area contributed by atoms with E-state index in [1.807, 2.05) is 0 Å². The first-order valence-corrected chi connectivity index (χ1v) is 7.12. The molecule has 2 N–H and O–H groups in total. The smallest absolute Gasteiger partial charge is 0.371 e. The van der Waals surface area contributed by atoms with Gasteiger partial charge >= 0.3 is 5.97 Å². The highest BCUT2D eigenvalue weighted by Gasteiger charge is 2.14. The molecule has 0 radical (unpaired) electrons. The molecule has 1 aromatic heterocycles. The Kier molecular flexibility index (Phi) is 6.23. The van der Waals surface area contributed by atoms with Crippen LogP contribution in [-0.2, 0) is 6.54 Å². The lowest BCUT2D eigenvalue weighted by atomic mass is 10.2. The van der Waals surface area contributed by atoms with Gasteiger partial charge in [0.2, 0.25) is 5.76 Å². The average molecular weight is 282 g/mol. The van der Waals surface area contributed by atoms with Crippen LogP contribution >= 0.6 is 0 Å². The molecular formula is C15H26N2O3. The summed E-state index contributed by atoms with van der Waals surface area (Å²) in [5.74, 6) is -0.352. The summed E-state index contributed by atoms with van der Waals surface area (Å²) < 4.78 is 5.18. The third-order valence-corrected chi connectivity index (χ3v) is 3.42. The summed E-state index contributed by atoms with van der Waals surface area (Å²) in [6, 6.07) is 2.63. The number of hydrogen-bond acceptors (Lipinski definition) is 4. The molecule has 0 bridgehead atoms.